The summed E-state index contributed by atoms with van der Waals surface area (Å²) in [7, 11) is 0. The van der Waals surface area contributed by atoms with E-state index >= 15 is 0 Å². The van der Waals surface area contributed by atoms with Crippen LogP contribution in [0.5, 0.6) is 0 Å². The number of esters is 1. The molecule has 1 atom stereocenters. The summed E-state index contributed by atoms with van der Waals surface area (Å²) < 4.78 is 10.2. The van der Waals surface area contributed by atoms with Crippen LogP contribution < -0.4 is 5.32 Å². The summed E-state index contributed by atoms with van der Waals surface area (Å²) >= 11 is 1.47. The van der Waals surface area contributed by atoms with Crippen LogP contribution >= 0.6 is 11.8 Å². The number of aromatic nitrogens is 1. The molecular formula is C19H24N2O4S. The van der Waals surface area contributed by atoms with Crippen molar-refractivity contribution in [2.75, 3.05) is 6.61 Å². The Kier molecular flexibility index (Phi) is 7.26. The zero-order chi connectivity index (χ0) is 19.1. The van der Waals surface area contributed by atoms with Crippen LogP contribution in [0.3, 0.4) is 0 Å². The van der Waals surface area contributed by atoms with Crippen molar-refractivity contribution in [1.82, 2.24) is 10.5 Å². The van der Waals surface area contributed by atoms with Gasteiger partial charge in [0.05, 0.1) is 11.3 Å². The summed E-state index contributed by atoms with van der Waals surface area (Å²) in [5.74, 6) is 0.815. The molecule has 140 valence electrons. The smallest absolute Gasteiger partial charge is 0.339 e. The number of nitrogens with one attached hydrogen (secondary N) is 1. The third kappa shape index (κ3) is 5.91. The first kappa shape index (κ1) is 20.0. The van der Waals surface area contributed by atoms with Gasteiger partial charge in [-0.2, -0.15) is 0 Å². The van der Waals surface area contributed by atoms with Crippen molar-refractivity contribution in [3.63, 3.8) is 0 Å². The van der Waals surface area contributed by atoms with Crippen molar-refractivity contribution < 1.29 is 18.8 Å². The maximum atomic E-state index is 12.4. The molecule has 7 heteroatoms. The van der Waals surface area contributed by atoms with Gasteiger partial charge in [-0.05, 0) is 31.9 Å². The van der Waals surface area contributed by atoms with E-state index < -0.39 is 5.97 Å². The molecule has 2 rings (SSSR count). The molecule has 0 unspecified atom stereocenters. The van der Waals surface area contributed by atoms with E-state index in [9.17, 15) is 9.59 Å². The van der Waals surface area contributed by atoms with Crippen LogP contribution in [-0.2, 0) is 15.3 Å². The molecule has 2 aromatic rings. The maximum absolute atomic E-state index is 12.4. The van der Waals surface area contributed by atoms with Gasteiger partial charge in [0.25, 0.3) is 5.91 Å². The van der Waals surface area contributed by atoms with Gasteiger partial charge >= 0.3 is 5.97 Å². The second-order valence-corrected chi connectivity index (χ2v) is 7.41. The predicted molar refractivity (Wildman–Crippen MR) is 100.0 cm³/mol. The van der Waals surface area contributed by atoms with E-state index in [0.717, 1.165) is 16.3 Å². The van der Waals surface area contributed by atoms with Gasteiger partial charge in [0, 0.05) is 22.8 Å². The number of carbonyl (C=O) groups excluding carboxylic acids is 2. The summed E-state index contributed by atoms with van der Waals surface area (Å²) in [5, 5.41) is 6.75. The molecule has 1 heterocycles. The summed E-state index contributed by atoms with van der Waals surface area (Å²) in [6.45, 7) is 7.48. The number of ether oxygens (including phenoxy) is 1. The molecule has 0 bridgehead atoms. The highest BCUT2D eigenvalue weighted by molar-refractivity contribution is 7.98. The molecule has 0 fully saturated rings. The van der Waals surface area contributed by atoms with Crippen molar-refractivity contribution in [3.05, 3.63) is 47.3 Å². The monoisotopic (exact) mass is 376 g/mol. The minimum atomic E-state index is -0.517. The third-order valence-electron chi connectivity index (χ3n) is 3.88. The predicted octanol–water partition coefficient (Wildman–Crippen LogP) is 3.59. The maximum Gasteiger partial charge on any atom is 0.339 e. The van der Waals surface area contributed by atoms with Crippen LogP contribution in [0.4, 0.5) is 0 Å². The molecule has 1 amide bonds. The molecule has 6 nitrogen and oxygen atoms in total. The summed E-state index contributed by atoms with van der Waals surface area (Å²) in [6.07, 6.45) is 0. The lowest BCUT2D eigenvalue weighted by Crippen LogP contribution is -2.38. The lowest BCUT2D eigenvalue weighted by molar-refractivity contribution is -0.125. The largest absolute Gasteiger partial charge is 0.452 e. The first-order valence-electron chi connectivity index (χ1n) is 8.47. The highest BCUT2D eigenvalue weighted by Crippen LogP contribution is 2.26. The van der Waals surface area contributed by atoms with Crippen LogP contribution in [0.15, 0.2) is 39.8 Å². The van der Waals surface area contributed by atoms with Gasteiger partial charge in [0.15, 0.2) is 6.61 Å². The lowest BCUT2D eigenvalue weighted by atomic mass is 10.1. The first-order valence-corrected chi connectivity index (χ1v) is 9.46. The Labute approximate surface area is 157 Å². The molecule has 0 saturated carbocycles. The van der Waals surface area contributed by atoms with E-state index in [-0.39, 0.29) is 18.6 Å². The number of aryl methyl sites for hydroxylation is 1. The molecule has 1 aromatic heterocycles. The lowest BCUT2D eigenvalue weighted by Gasteiger charge is -2.17. The van der Waals surface area contributed by atoms with Crippen LogP contribution in [0, 0.1) is 12.8 Å². The molecule has 0 spiro atoms. The summed E-state index contributed by atoms with van der Waals surface area (Å²) in [6, 6.07) is 9.03. The number of amides is 1. The average molecular weight is 376 g/mol. The standard InChI is InChI=1S/C19H24N2O4S/c1-12(2)14(4)20-18(22)10-24-19(23)16-7-5-6-8-17(16)26-11-15-9-13(3)25-21-15/h5-9,12,14H,10-11H2,1-4H3,(H,20,22)/t14-/m0/s1. The van der Waals surface area contributed by atoms with Crippen molar-refractivity contribution in [2.45, 2.75) is 44.4 Å². The topological polar surface area (TPSA) is 81.4 Å². The molecule has 0 saturated heterocycles. The van der Waals surface area contributed by atoms with Crippen LogP contribution in [0.2, 0.25) is 0 Å². The fourth-order valence-electron chi connectivity index (χ4n) is 2.07. The minimum Gasteiger partial charge on any atom is -0.452 e. The van der Waals surface area contributed by atoms with E-state index in [4.69, 9.17) is 9.26 Å². The number of carbonyl (C=O) groups is 2. The fraction of sp³-hybridized carbons (Fsp3) is 0.421. The fourth-order valence-corrected chi connectivity index (χ4v) is 2.99. The number of hydrogen-bond donors (Lipinski definition) is 1. The SMILES string of the molecule is Cc1cc(CSc2ccccc2C(=O)OCC(=O)N[C@@H](C)C(C)C)no1. The second kappa shape index (κ2) is 9.43. The van der Waals surface area contributed by atoms with Crippen LogP contribution in [0.1, 0.15) is 42.6 Å². The number of thioether (sulfide) groups is 1. The number of nitrogens with zero attached hydrogens (tertiary/aromatic N) is 1. The van der Waals surface area contributed by atoms with Crippen molar-refractivity contribution in [1.29, 1.82) is 0 Å². The zero-order valence-electron chi connectivity index (χ0n) is 15.4. The molecule has 0 aliphatic rings. The van der Waals surface area contributed by atoms with Crippen LogP contribution in [-0.4, -0.2) is 29.7 Å². The Morgan fingerprint density at radius 3 is 2.65 bits per heavy atom. The van der Waals surface area contributed by atoms with E-state index in [1.54, 1.807) is 12.1 Å². The third-order valence-corrected chi connectivity index (χ3v) is 4.99. The van der Waals surface area contributed by atoms with Crippen molar-refractivity contribution >= 4 is 23.6 Å². The van der Waals surface area contributed by atoms with Gasteiger partial charge in [-0.1, -0.05) is 31.1 Å². The summed E-state index contributed by atoms with van der Waals surface area (Å²) in [5.41, 5.74) is 1.24. The van der Waals surface area contributed by atoms with Gasteiger partial charge < -0.3 is 14.6 Å². The molecule has 0 radical (unpaired) electrons. The van der Waals surface area contributed by atoms with Crippen LogP contribution in [0.25, 0.3) is 0 Å². The van der Waals surface area contributed by atoms with E-state index in [1.807, 2.05) is 45.9 Å². The highest BCUT2D eigenvalue weighted by Gasteiger charge is 2.16. The molecule has 1 N–H and O–H groups in total. The van der Waals surface area contributed by atoms with Gasteiger partial charge in [-0.3, -0.25) is 4.79 Å². The Balaban J connectivity index is 1.93. The number of hydrogen-bond acceptors (Lipinski definition) is 6. The summed E-state index contributed by atoms with van der Waals surface area (Å²) in [4.78, 5) is 25.0. The van der Waals surface area contributed by atoms with E-state index in [0.29, 0.717) is 17.2 Å². The van der Waals surface area contributed by atoms with Gasteiger partial charge in [0.1, 0.15) is 5.76 Å². The Hall–Kier alpha value is -2.28. The zero-order valence-corrected chi connectivity index (χ0v) is 16.3. The molecule has 0 aliphatic carbocycles. The van der Waals surface area contributed by atoms with Crippen molar-refractivity contribution in [2.24, 2.45) is 5.92 Å². The van der Waals surface area contributed by atoms with Gasteiger partial charge in [-0.15, -0.1) is 11.8 Å². The Bertz CT molecular complexity index is 758. The minimum absolute atomic E-state index is 0.0231. The molecule has 26 heavy (non-hydrogen) atoms. The molecular weight excluding hydrogens is 352 g/mol. The van der Waals surface area contributed by atoms with E-state index in [1.165, 1.54) is 11.8 Å². The van der Waals surface area contributed by atoms with Crippen molar-refractivity contribution in [3.8, 4) is 0 Å². The number of benzene rings is 1. The first-order chi connectivity index (χ1) is 12.4. The molecule has 0 aliphatic heterocycles. The van der Waals surface area contributed by atoms with Gasteiger partial charge in [0.2, 0.25) is 0 Å². The Morgan fingerprint density at radius 1 is 1.27 bits per heavy atom. The quantitative estimate of drug-likeness (QED) is 0.560. The molecule has 1 aromatic carbocycles. The highest BCUT2D eigenvalue weighted by atomic mass is 32.2. The normalized spacial score (nSPS) is 12.0. The van der Waals surface area contributed by atoms with E-state index in [2.05, 4.69) is 10.5 Å². The average Bonchev–Trinajstić information content (AvgIpc) is 3.03. The number of rotatable bonds is 8. The Morgan fingerprint density at radius 2 is 2.00 bits per heavy atom. The van der Waals surface area contributed by atoms with Gasteiger partial charge in [-0.25, -0.2) is 4.79 Å². The second-order valence-electron chi connectivity index (χ2n) is 6.39.